The lowest BCUT2D eigenvalue weighted by atomic mass is 10.2. The number of imidazole rings is 1. The second kappa shape index (κ2) is 5.62. The van der Waals surface area contributed by atoms with Crippen LogP contribution in [0.5, 0.6) is 0 Å². The lowest BCUT2D eigenvalue weighted by Crippen LogP contribution is -2.05. The van der Waals surface area contributed by atoms with Crippen LogP contribution in [-0.2, 0) is 6.42 Å². The van der Waals surface area contributed by atoms with Crippen LogP contribution in [0.2, 0.25) is 5.02 Å². The average molecular weight is 324 g/mol. The van der Waals surface area contributed by atoms with Crippen LogP contribution in [0.15, 0.2) is 30.5 Å². The Morgan fingerprint density at radius 3 is 2.90 bits per heavy atom. The first-order chi connectivity index (χ1) is 10.1. The number of aryl methyl sites for hydroxylation is 2. The van der Waals surface area contributed by atoms with Gasteiger partial charge in [-0.25, -0.2) is 14.4 Å². The van der Waals surface area contributed by atoms with E-state index in [0.717, 1.165) is 11.1 Å². The summed E-state index contributed by atoms with van der Waals surface area (Å²) in [6.45, 7) is 1.94. The molecule has 0 radical (unpaired) electrons. The maximum absolute atomic E-state index is 14.4. The molecule has 2 heterocycles. The molecule has 2 aromatic heterocycles. The summed E-state index contributed by atoms with van der Waals surface area (Å²) in [4.78, 5) is 8.90. The van der Waals surface area contributed by atoms with Gasteiger partial charge in [0.1, 0.15) is 11.3 Å². The fourth-order valence-electron chi connectivity index (χ4n) is 2.28. The van der Waals surface area contributed by atoms with Crippen molar-refractivity contribution in [2.75, 3.05) is 5.88 Å². The molecule has 3 nitrogen and oxygen atoms in total. The van der Waals surface area contributed by atoms with E-state index in [1.807, 2.05) is 13.0 Å². The highest BCUT2D eigenvalue weighted by Crippen LogP contribution is 2.26. The SMILES string of the molecule is Cc1cnc2c(c1)nc(CCCl)n2-c1cccc(Cl)c1F. The molecule has 21 heavy (non-hydrogen) atoms. The topological polar surface area (TPSA) is 30.7 Å². The largest absolute Gasteiger partial charge is 0.278 e. The van der Waals surface area contributed by atoms with Crippen LogP contribution in [0.25, 0.3) is 16.9 Å². The van der Waals surface area contributed by atoms with E-state index in [0.29, 0.717) is 29.5 Å². The number of hydrogen-bond donors (Lipinski definition) is 0. The van der Waals surface area contributed by atoms with Gasteiger partial charge in [-0.2, -0.15) is 0 Å². The monoisotopic (exact) mass is 323 g/mol. The first-order valence-electron chi connectivity index (χ1n) is 6.46. The highest BCUT2D eigenvalue weighted by atomic mass is 35.5. The third kappa shape index (κ3) is 2.49. The van der Waals surface area contributed by atoms with Crippen LogP contribution < -0.4 is 0 Å². The Balaban J connectivity index is 2.33. The second-order valence-corrected chi connectivity index (χ2v) is 5.52. The zero-order valence-corrected chi connectivity index (χ0v) is 12.8. The molecule has 0 amide bonds. The van der Waals surface area contributed by atoms with Crippen molar-refractivity contribution in [3.05, 3.63) is 52.7 Å². The van der Waals surface area contributed by atoms with Gasteiger partial charge in [-0.05, 0) is 30.7 Å². The Morgan fingerprint density at radius 1 is 1.33 bits per heavy atom. The van der Waals surface area contributed by atoms with Gasteiger partial charge < -0.3 is 0 Å². The van der Waals surface area contributed by atoms with Gasteiger partial charge >= 0.3 is 0 Å². The summed E-state index contributed by atoms with van der Waals surface area (Å²) in [5.74, 6) is 0.570. The van der Waals surface area contributed by atoms with Crippen molar-refractivity contribution in [3.8, 4) is 5.69 Å². The summed E-state index contributed by atoms with van der Waals surface area (Å²) in [5.41, 5.74) is 2.65. The molecule has 0 aliphatic carbocycles. The maximum atomic E-state index is 14.4. The minimum atomic E-state index is -0.489. The fraction of sp³-hybridized carbons (Fsp3) is 0.200. The molecule has 108 valence electrons. The number of hydrogen-bond acceptors (Lipinski definition) is 2. The first-order valence-corrected chi connectivity index (χ1v) is 7.37. The van der Waals surface area contributed by atoms with Gasteiger partial charge in [0, 0.05) is 18.5 Å². The summed E-state index contributed by atoms with van der Waals surface area (Å²) in [6.07, 6.45) is 2.25. The van der Waals surface area contributed by atoms with Crippen LogP contribution in [0.3, 0.4) is 0 Å². The lowest BCUT2D eigenvalue weighted by molar-refractivity contribution is 0.617. The van der Waals surface area contributed by atoms with E-state index in [1.165, 1.54) is 6.07 Å². The van der Waals surface area contributed by atoms with Crippen LogP contribution in [0, 0.1) is 12.7 Å². The van der Waals surface area contributed by atoms with Crippen molar-refractivity contribution in [1.82, 2.24) is 14.5 Å². The molecule has 0 unspecified atom stereocenters. The molecule has 0 atom stereocenters. The summed E-state index contributed by atoms with van der Waals surface area (Å²) >= 11 is 11.7. The van der Waals surface area contributed by atoms with Gasteiger partial charge in [0.05, 0.1) is 10.7 Å². The molecule has 0 spiro atoms. The Bertz CT molecular complexity index is 814. The smallest absolute Gasteiger partial charge is 0.165 e. The van der Waals surface area contributed by atoms with Gasteiger partial charge in [0.2, 0.25) is 0 Å². The van der Waals surface area contributed by atoms with E-state index in [9.17, 15) is 4.39 Å². The van der Waals surface area contributed by atoms with Crippen molar-refractivity contribution in [2.24, 2.45) is 0 Å². The number of halogens is 3. The molecule has 0 aliphatic rings. The van der Waals surface area contributed by atoms with Gasteiger partial charge in [-0.15, -0.1) is 11.6 Å². The predicted octanol–water partition coefficient (Wildman–Crippen LogP) is 4.30. The molecule has 0 fully saturated rings. The summed E-state index contributed by atoms with van der Waals surface area (Å²) in [6, 6.07) is 6.78. The zero-order chi connectivity index (χ0) is 15.0. The van der Waals surface area contributed by atoms with Crippen LogP contribution in [0.1, 0.15) is 11.4 Å². The number of fused-ring (bicyclic) bond motifs is 1. The van der Waals surface area contributed by atoms with Crippen molar-refractivity contribution >= 4 is 34.4 Å². The Kier molecular flexibility index (Phi) is 3.83. The third-order valence-electron chi connectivity index (χ3n) is 3.19. The van der Waals surface area contributed by atoms with Crippen LogP contribution >= 0.6 is 23.2 Å². The number of pyridine rings is 1. The Hall–Kier alpha value is -1.65. The van der Waals surface area contributed by atoms with Crippen molar-refractivity contribution in [2.45, 2.75) is 13.3 Å². The third-order valence-corrected chi connectivity index (χ3v) is 3.67. The van der Waals surface area contributed by atoms with Gasteiger partial charge in [0.25, 0.3) is 0 Å². The van der Waals surface area contributed by atoms with Gasteiger partial charge in [-0.1, -0.05) is 17.7 Å². The minimum absolute atomic E-state index is 0.0679. The molecule has 0 N–H and O–H groups in total. The molecular formula is C15H12Cl2FN3. The second-order valence-electron chi connectivity index (χ2n) is 4.73. The van der Waals surface area contributed by atoms with Gasteiger partial charge in [0.15, 0.2) is 11.5 Å². The number of benzene rings is 1. The normalized spacial score (nSPS) is 11.2. The number of alkyl halides is 1. The first kappa shape index (κ1) is 14.3. The van der Waals surface area contributed by atoms with Crippen molar-refractivity contribution in [1.29, 1.82) is 0 Å². The lowest BCUT2D eigenvalue weighted by Gasteiger charge is -2.09. The molecule has 3 rings (SSSR count). The van der Waals surface area contributed by atoms with E-state index in [-0.39, 0.29) is 5.02 Å². The molecule has 6 heteroatoms. The van der Waals surface area contributed by atoms with E-state index in [1.54, 1.807) is 22.9 Å². The molecule has 0 saturated heterocycles. The minimum Gasteiger partial charge on any atom is -0.278 e. The van der Waals surface area contributed by atoms with Crippen LogP contribution in [0.4, 0.5) is 4.39 Å². The average Bonchev–Trinajstić information content (AvgIpc) is 2.79. The van der Waals surface area contributed by atoms with E-state index < -0.39 is 5.82 Å². The van der Waals surface area contributed by atoms with E-state index in [2.05, 4.69) is 9.97 Å². The molecule has 0 aliphatic heterocycles. The van der Waals surface area contributed by atoms with E-state index in [4.69, 9.17) is 23.2 Å². The molecule has 1 aromatic carbocycles. The Labute approximate surface area is 131 Å². The Morgan fingerprint density at radius 2 is 2.14 bits per heavy atom. The zero-order valence-electron chi connectivity index (χ0n) is 11.3. The molecule has 3 aromatic rings. The van der Waals surface area contributed by atoms with Crippen molar-refractivity contribution in [3.63, 3.8) is 0 Å². The van der Waals surface area contributed by atoms with Crippen molar-refractivity contribution < 1.29 is 4.39 Å². The number of rotatable bonds is 3. The standard InChI is InChI=1S/C15H12Cl2FN3/c1-9-7-11-15(19-8-9)21(13(20-11)5-6-16)12-4-2-3-10(17)14(12)18/h2-4,7-8H,5-6H2,1H3. The quantitative estimate of drug-likeness (QED) is 0.673. The fourth-order valence-corrected chi connectivity index (χ4v) is 2.62. The highest BCUT2D eigenvalue weighted by molar-refractivity contribution is 6.30. The van der Waals surface area contributed by atoms with Gasteiger partial charge in [-0.3, -0.25) is 4.57 Å². The predicted molar refractivity (Wildman–Crippen MR) is 83.0 cm³/mol. The van der Waals surface area contributed by atoms with Crippen LogP contribution in [-0.4, -0.2) is 20.4 Å². The summed E-state index contributed by atoms with van der Waals surface area (Å²) < 4.78 is 16.0. The number of aromatic nitrogens is 3. The summed E-state index contributed by atoms with van der Waals surface area (Å²) in [5, 5.41) is 0.0679. The number of nitrogens with zero attached hydrogens (tertiary/aromatic N) is 3. The van der Waals surface area contributed by atoms with E-state index >= 15 is 0 Å². The molecule has 0 bridgehead atoms. The molecular weight excluding hydrogens is 312 g/mol. The summed E-state index contributed by atoms with van der Waals surface area (Å²) in [7, 11) is 0. The highest BCUT2D eigenvalue weighted by Gasteiger charge is 2.17. The maximum Gasteiger partial charge on any atom is 0.165 e. The molecule has 0 saturated carbocycles.